The molecule has 8 nitrogen and oxygen atoms in total. The Morgan fingerprint density at radius 3 is 2.66 bits per heavy atom. The molecule has 9 heteroatoms. The van der Waals surface area contributed by atoms with Crippen molar-refractivity contribution < 1.29 is 13.9 Å². The molecule has 4 aromatic rings. The number of hydrogen-bond donors (Lipinski definition) is 1. The number of fused-ring (bicyclic) bond motifs is 1. The van der Waals surface area contributed by atoms with Crippen LogP contribution in [-0.4, -0.2) is 56.8 Å². The van der Waals surface area contributed by atoms with Crippen LogP contribution in [0.5, 0.6) is 11.5 Å². The number of benzene rings is 2. The van der Waals surface area contributed by atoms with Crippen molar-refractivity contribution in [3.8, 4) is 22.8 Å². The van der Waals surface area contributed by atoms with Crippen LogP contribution in [0, 0.1) is 5.82 Å². The SMILES string of the molecule is Nc1ncnn2c([C@@H]3CC[C@@H](CN4CCC4)OC3)nc(-c3ccc(Oc4ccccc4)cc3F)c12. The minimum absolute atomic E-state index is 0.0435. The van der Waals surface area contributed by atoms with Crippen molar-refractivity contribution >= 4 is 11.3 Å². The van der Waals surface area contributed by atoms with Crippen LogP contribution in [0.3, 0.4) is 0 Å². The van der Waals surface area contributed by atoms with Crippen molar-refractivity contribution in [3.05, 3.63) is 66.5 Å². The zero-order chi connectivity index (χ0) is 23.8. The number of rotatable bonds is 6. The van der Waals surface area contributed by atoms with E-state index in [1.807, 2.05) is 30.3 Å². The predicted molar refractivity (Wildman–Crippen MR) is 130 cm³/mol. The van der Waals surface area contributed by atoms with Crippen molar-refractivity contribution in [2.24, 2.45) is 0 Å². The smallest absolute Gasteiger partial charge is 0.153 e. The first-order chi connectivity index (χ1) is 17.2. The van der Waals surface area contributed by atoms with Crippen LogP contribution in [0.2, 0.25) is 0 Å². The zero-order valence-corrected chi connectivity index (χ0v) is 19.3. The zero-order valence-electron chi connectivity index (χ0n) is 19.3. The summed E-state index contributed by atoms with van der Waals surface area (Å²) in [6, 6.07) is 14.0. The monoisotopic (exact) mass is 474 g/mol. The van der Waals surface area contributed by atoms with Gasteiger partial charge in [0.1, 0.15) is 40.7 Å². The van der Waals surface area contributed by atoms with E-state index in [0.717, 1.165) is 38.3 Å². The van der Waals surface area contributed by atoms with Crippen LogP contribution in [0.4, 0.5) is 10.2 Å². The number of anilines is 1. The molecule has 0 amide bonds. The second-order valence-corrected chi connectivity index (χ2v) is 9.16. The van der Waals surface area contributed by atoms with Gasteiger partial charge in [-0.3, -0.25) is 0 Å². The molecule has 2 aliphatic heterocycles. The number of hydrogen-bond acceptors (Lipinski definition) is 7. The lowest BCUT2D eigenvalue weighted by molar-refractivity contribution is -0.0272. The summed E-state index contributed by atoms with van der Waals surface area (Å²) < 4.78 is 29.0. The van der Waals surface area contributed by atoms with Gasteiger partial charge in [0.2, 0.25) is 0 Å². The van der Waals surface area contributed by atoms with Crippen molar-refractivity contribution in [1.82, 2.24) is 24.5 Å². The molecule has 2 aromatic carbocycles. The number of halogens is 1. The fraction of sp³-hybridized carbons (Fsp3) is 0.346. The molecule has 2 aliphatic rings. The lowest BCUT2D eigenvalue weighted by Gasteiger charge is -2.36. The highest BCUT2D eigenvalue weighted by molar-refractivity contribution is 5.85. The number of para-hydroxylation sites is 1. The Morgan fingerprint density at radius 1 is 1.09 bits per heavy atom. The van der Waals surface area contributed by atoms with Crippen LogP contribution >= 0.6 is 0 Å². The molecular weight excluding hydrogens is 447 g/mol. The maximum absolute atomic E-state index is 15.3. The van der Waals surface area contributed by atoms with Crippen LogP contribution in [0.1, 0.15) is 31.0 Å². The highest BCUT2D eigenvalue weighted by Crippen LogP contribution is 2.36. The standard InChI is InChI=1S/C26H27FN6O2/c27-22-13-19(35-18-5-2-1-3-6-18)9-10-21(22)23-24-25(28)29-16-30-33(24)26(31-23)17-7-8-20(34-15-17)14-32-11-4-12-32/h1-3,5-6,9-10,13,16-17,20H,4,7-8,11-12,14-15H2,(H2,28,29,30)/t17-,20+/m1/s1. The van der Waals surface area contributed by atoms with Crippen molar-refractivity contribution in [2.45, 2.75) is 31.3 Å². The van der Waals surface area contributed by atoms with Crippen LogP contribution < -0.4 is 10.5 Å². The third kappa shape index (κ3) is 4.33. The third-order valence-corrected chi connectivity index (χ3v) is 6.81. The van der Waals surface area contributed by atoms with Gasteiger partial charge in [-0.25, -0.2) is 18.9 Å². The second-order valence-electron chi connectivity index (χ2n) is 9.16. The number of ether oxygens (including phenoxy) is 2. The first kappa shape index (κ1) is 21.9. The molecule has 0 bridgehead atoms. The molecule has 0 unspecified atom stereocenters. The minimum Gasteiger partial charge on any atom is -0.457 e. The molecule has 2 saturated heterocycles. The van der Waals surface area contributed by atoms with E-state index in [1.165, 1.54) is 18.8 Å². The van der Waals surface area contributed by atoms with Crippen LogP contribution in [0.15, 0.2) is 54.9 Å². The number of nitrogen functional groups attached to an aromatic ring is 1. The van der Waals surface area contributed by atoms with E-state index in [2.05, 4.69) is 15.0 Å². The number of likely N-dealkylation sites (tertiary alicyclic amines) is 1. The van der Waals surface area contributed by atoms with E-state index in [-0.39, 0.29) is 17.8 Å². The Bertz CT molecular complexity index is 1330. The molecule has 2 aromatic heterocycles. The van der Waals surface area contributed by atoms with E-state index in [4.69, 9.17) is 20.2 Å². The predicted octanol–water partition coefficient (Wildman–Crippen LogP) is 4.27. The molecule has 180 valence electrons. The summed E-state index contributed by atoms with van der Waals surface area (Å²) in [7, 11) is 0. The highest BCUT2D eigenvalue weighted by Gasteiger charge is 2.30. The van der Waals surface area contributed by atoms with Crippen molar-refractivity contribution in [1.29, 1.82) is 0 Å². The molecule has 2 N–H and O–H groups in total. The highest BCUT2D eigenvalue weighted by atomic mass is 19.1. The summed E-state index contributed by atoms with van der Waals surface area (Å²) in [6.07, 6.45) is 4.79. The summed E-state index contributed by atoms with van der Waals surface area (Å²) in [5.74, 6) is 1.60. The fourth-order valence-electron chi connectivity index (χ4n) is 4.81. The number of nitrogens with two attached hydrogens (primary N) is 1. The topological polar surface area (TPSA) is 90.8 Å². The molecule has 2 fully saturated rings. The summed E-state index contributed by atoms with van der Waals surface area (Å²) in [4.78, 5) is 11.4. The second kappa shape index (κ2) is 9.24. The van der Waals surface area contributed by atoms with Gasteiger partial charge in [-0.05, 0) is 56.6 Å². The first-order valence-electron chi connectivity index (χ1n) is 12.0. The number of aromatic nitrogens is 4. The van der Waals surface area contributed by atoms with Gasteiger partial charge in [0.05, 0.1) is 12.7 Å². The summed E-state index contributed by atoms with van der Waals surface area (Å²) in [5.41, 5.74) is 7.47. The lowest BCUT2D eigenvalue weighted by atomic mass is 9.97. The normalized spacial score (nSPS) is 20.6. The van der Waals surface area contributed by atoms with Crippen LogP contribution in [-0.2, 0) is 4.74 Å². The molecule has 4 heterocycles. The third-order valence-electron chi connectivity index (χ3n) is 6.81. The Morgan fingerprint density at radius 2 is 1.94 bits per heavy atom. The van der Waals surface area contributed by atoms with Crippen molar-refractivity contribution in [3.63, 3.8) is 0 Å². The molecule has 0 radical (unpaired) electrons. The number of imidazole rings is 1. The molecule has 35 heavy (non-hydrogen) atoms. The Kier molecular flexibility index (Phi) is 5.79. The van der Waals surface area contributed by atoms with E-state index >= 15 is 4.39 Å². The van der Waals surface area contributed by atoms with E-state index in [9.17, 15) is 0 Å². The Balaban J connectivity index is 1.29. The summed E-state index contributed by atoms with van der Waals surface area (Å²) in [6.45, 7) is 3.86. The first-order valence-corrected chi connectivity index (χ1v) is 12.0. The largest absolute Gasteiger partial charge is 0.457 e. The quantitative estimate of drug-likeness (QED) is 0.446. The van der Waals surface area contributed by atoms with Crippen LogP contribution in [0.25, 0.3) is 16.8 Å². The maximum Gasteiger partial charge on any atom is 0.153 e. The Labute approximate surface area is 202 Å². The van der Waals surface area contributed by atoms with Gasteiger partial charge in [0, 0.05) is 24.1 Å². The van der Waals surface area contributed by atoms with E-state index < -0.39 is 5.82 Å². The minimum atomic E-state index is -0.456. The lowest BCUT2D eigenvalue weighted by Crippen LogP contribution is -2.44. The van der Waals surface area contributed by atoms with Gasteiger partial charge >= 0.3 is 0 Å². The average Bonchev–Trinajstić information content (AvgIpc) is 3.23. The van der Waals surface area contributed by atoms with Crippen molar-refractivity contribution in [2.75, 3.05) is 32.0 Å². The van der Waals surface area contributed by atoms with Gasteiger partial charge in [0.25, 0.3) is 0 Å². The molecular formula is C26H27FN6O2. The molecule has 0 spiro atoms. The van der Waals surface area contributed by atoms with Gasteiger partial charge in [-0.2, -0.15) is 5.10 Å². The van der Waals surface area contributed by atoms with Gasteiger partial charge in [-0.15, -0.1) is 0 Å². The molecule has 0 aliphatic carbocycles. The summed E-state index contributed by atoms with van der Waals surface area (Å²) in [5, 5.41) is 4.41. The average molecular weight is 475 g/mol. The summed E-state index contributed by atoms with van der Waals surface area (Å²) >= 11 is 0. The number of nitrogens with zero attached hydrogens (tertiary/aromatic N) is 5. The Hall–Kier alpha value is -3.56. The van der Waals surface area contributed by atoms with E-state index in [0.29, 0.717) is 34.9 Å². The molecule has 0 saturated carbocycles. The fourth-order valence-corrected chi connectivity index (χ4v) is 4.81. The molecule has 6 rings (SSSR count). The maximum atomic E-state index is 15.3. The van der Waals surface area contributed by atoms with Gasteiger partial charge in [0.15, 0.2) is 5.82 Å². The molecule has 2 atom stereocenters. The van der Waals surface area contributed by atoms with Gasteiger partial charge < -0.3 is 20.1 Å². The van der Waals surface area contributed by atoms with E-state index in [1.54, 1.807) is 16.6 Å². The van der Waals surface area contributed by atoms with Gasteiger partial charge in [-0.1, -0.05) is 18.2 Å².